The number of esters is 1. The van der Waals surface area contributed by atoms with E-state index >= 15 is 0 Å². The highest BCUT2D eigenvalue weighted by Crippen LogP contribution is 2.40. The molecule has 0 aromatic heterocycles. The van der Waals surface area contributed by atoms with Crippen LogP contribution in [0.1, 0.15) is 25.3 Å². The highest BCUT2D eigenvalue weighted by molar-refractivity contribution is 9.10. The summed E-state index contributed by atoms with van der Waals surface area (Å²) in [5, 5.41) is 9.42. The van der Waals surface area contributed by atoms with Crippen molar-refractivity contribution in [3.8, 4) is 6.07 Å². The Balaban J connectivity index is 2.62. The van der Waals surface area contributed by atoms with E-state index in [9.17, 15) is 10.1 Å². The van der Waals surface area contributed by atoms with Gasteiger partial charge in [0.05, 0.1) is 18.1 Å². The number of halogens is 1. The van der Waals surface area contributed by atoms with Gasteiger partial charge in [0.2, 0.25) is 5.88 Å². The summed E-state index contributed by atoms with van der Waals surface area (Å²) in [6.45, 7) is 3.60. The van der Waals surface area contributed by atoms with E-state index in [1.54, 1.807) is 13.8 Å². The van der Waals surface area contributed by atoms with Gasteiger partial charge in [-0.15, -0.1) is 0 Å². The Morgan fingerprint density at radius 3 is 2.86 bits per heavy atom. The van der Waals surface area contributed by atoms with Gasteiger partial charge in [-0.3, -0.25) is 0 Å². The molecule has 22 heavy (non-hydrogen) atoms. The summed E-state index contributed by atoms with van der Waals surface area (Å²) in [7, 11) is 0. The Morgan fingerprint density at radius 2 is 2.27 bits per heavy atom. The summed E-state index contributed by atoms with van der Waals surface area (Å²) in [6, 6.07) is 9.41. The maximum Gasteiger partial charge on any atom is 0.338 e. The van der Waals surface area contributed by atoms with Gasteiger partial charge in [-0.25, -0.2) is 4.79 Å². The molecular weight excluding hydrogens is 348 g/mol. The van der Waals surface area contributed by atoms with Crippen LogP contribution in [0.3, 0.4) is 0 Å². The first-order valence-electron chi connectivity index (χ1n) is 6.70. The molecule has 5 nitrogen and oxygen atoms in total. The Hall–Kier alpha value is -2.26. The zero-order valence-electron chi connectivity index (χ0n) is 12.2. The molecule has 1 aromatic carbocycles. The summed E-state index contributed by atoms with van der Waals surface area (Å²) in [5.74, 6) is -0.751. The molecule has 0 spiro atoms. The second kappa shape index (κ2) is 6.67. The minimum Gasteiger partial charge on any atom is -0.463 e. The monoisotopic (exact) mass is 362 g/mol. The van der Waals surface area contributed by atoms with Crippen LogP contribution in [0, 0.1) is 11.3 Å². The number of nitrogens with zero attached hydrogens (tertiary/aromatic N) is 1. The lowest BCUT2D eigenvalue weighted by Gasteiger charge is -2.26. The van der Waals surface area contributed by atoms with Gasteiger partial charge in [0.15, 0.2) is 0 Å². The summed E-state index contributed by atoms with van der Waals surface area (Å²) in [4.78, 5) is 12.3. The maximum atomic E-state index is 12.3. The SMILES string of the molecule is CCOC(=O)C1=C(C)OC(N)=C(C#N)C1c1cccc(Br)c1. The quantitative estimate of drug-likeness (QED) is 0.835. The molecule has 1 aliphatic heterocycles. The Bertz CT molecular complexity index is 716. The molecule has 1 aromatic rings. The lowest BCUT2D eigenvalue weighted by molar-refractivity contribution is -0.139. The van der Waals surface area contributed by atoms with Crippen molar-refractivity contribution in [2.24, 2.45) is 5.73 Å². The van der Waals surface area contributed by atoms with Gasteiger partial charge in [-0.2, -0.15) is 5.26 Å². The molecule has 1 unspecified atom stereocenters. The molecular formula is C16H15BrN2O3. The first-order valence-corrected chi connectivity index (χ1v) is 7.49. The molecule has 0 fully saturated rings. The summed E-state index contributed by atoms with van der Waals surface area (Å²) >= 11 is 3.39. The molecule has 0 aliphatic carbocycles. The van der Waals surface area contributed by atoms with Crippen molar-refractivity contribution >= 4 is 21.9 Å². The lowest BCUT2D eigenvalue weighted by atomic mass is 9.83. The summed E-state index contributed by atoms with van der Waals surface area (Å²) < 4.78 is 11.3. The molecule has 0 saturated heterocycles. The van der Waals surface area contributed by atoms with Crippen molar-refractivity contribution in [1.82, 2.24) is 0 Å². The first kappa shape index (κ1) is 16.1. The van der Waals surface area contributed by atoms with Crippen molar-refractivity contribution in [1.29, 1.82) is 5.26 Å². The molecule has 0 amide bonds. The van der Waals surface area contributed by atoms with E-state index in [1.807, 2.05) is 30.3 Å². The number of carbonyl (C=O) groups excluding carboxylic acids is 1. The third-order valence-electron chi connectivity index (χ3n) is 3.28. The predicted molar refractivity (Wildman–Crippen MR) is 84.1 cm³/mol. The van der Waals surface area contributed by atoms with E-state index in [0.717, 1.165) is 10.0 Å². The third-order valence-corrected chi connectivity index (χ3v) is 3.78. The maximum absolute atomic E-state index is 12.3. The molecule has 1 heterocycles. The number of nitriles is 1. The fourth-order valence-corrected chi connectivity index (χ4v) is 2.79. The van der Waals surface area contributed by atoms with Gasteiger partial charge >= 0.3 is 5.97 Å². The van der Waals surface area contributed by atoms with Crippen LogP contribution in [0.15, 0.2) is 51.5 Å². The summed E-state index contributed by atoms with van der Waals surface area (Å²) in [5.41, 5.74) is 7.08. The van der Waals surface area contributed by atoms with Crippen molar-refractivity contribution in [3.05, 3.63) is 57.1 Å². The molecule has 0 saturated carbocycles. The van der Waals surface area contributed by atoms with E-state index in [4.69, 9.17) is 15.2 Å². The number of nitrogens with two attached hydrogens (primary N) is 1. The Kier molecular flexibility index (Phi) is 4.88. The second-order valence-electron chi connectivity index (χ2n) is 4.67. The van der Waals surface area contributed by atoms with E-state index in [-0.39, 0.29) is 18.1 Å². The number of rotatable bonds is 3. The molecule has 2 N–H and O–H groups in total. The average molecular weight is 363 g/mol. The molecule has 1 aliphatic rings. The Morgan fingerprint density at radius 1 is 1.55 bits per heavy atom. The topological polar surface area (TPSA) is 85.3 Å². The van der Waals surface area contributed by atoms with Gasteiger partial charge < -0.3 is 15.2 Å². The van der Waals surface area contributed by atoms with Crippen LogP contribution >= 0.6 is 15.9 Å². The van der Waals surface area contributed by atoms with Crippen molar-refractivity contribution < 1.29 is 14.3 Å². The minimum absolute atomic E-state index is 0.0121. The number of hydrogen-bond donors (Lipinski definition) is 1. The first-order chi connectivity index (χ1) is 10.5. The van der Waals surface area contributed by atoms with Crippen molar-refractivity contribution in [3.63, 3.8) is 0 Å². The largest absolute Gasteiger partial charge is 0.463 e. The predicted octanol–water partition coefficient (Wildman–Crippen LogP) is 3.09. The van der Waals surface area contributed by atoms with E-state index in [1.165, 1.54) is 0 Å². The van der Waals surface area contributed by atoms with E-state index < -0.39 is 11.9 Å². The average Bonchev–Trinajstić information content (AvgIpc) is 2.46. The minimum atomic E-state index is -0.602. The van der Waals surface area contributed by atoms with Crippen LogP contribution in [0.4, 0.5) is 0 Å². The lowest BCUT2D eigenvalue weighted by Crippen LogP contribution is -2.25. The van der Waals surface area contributed by atoms with Gasteiger partial charge in [-0.1, -0.05) is 28.1 Å². The van der Waals surface area contributed by atoms with Crippen LogP contribution in [-0.4, -0.2) is 12.6 Å². The van der Waals surface area contributed by atoms with Crippen LogP contribution < -0.4 is 5.73 Å². The molecule has 1 atom stereocenters. The number of allylic oxidation sites excluding steroid dienone is 2. The molecule has 6 heteroatoms. The second-order valence-corrected chi connectivity index (χ2v) is 5.59. The normalized spacial score (nSPS) is 17.8. The highest BCUT2D eigenvalue weighted by Gasteiger charge is 2.36. The zero-order valence-corrected chi connectivity index (χ0v) is 13.8. The van der Waals surface area contributed by atoms with Crippen LogP contribution in [0.2, 0.25) is 0 Å². The van der Waals surface area contributed by atoms with Crippen LogP contribution in [-0.2, 0) is 14.3 Å². The van der Waals surface area contributed by atoms with E-state index in [0.29, 0.717) is 11.3 Å². The van der Waals surface area contributed by atoms with Gasteiger partial charge in [0.25, 0.3) is 0 Å². The van der Waals surface area contributed by atoms with Crippen molar-refractivity contribution in [2.75, 3.05) is 6.61 Å². The summed E-state index contributed by atoms with van der Waals surface area (Å²) in [6.07, 6.45) is 0. The third kappa shape index (κ3) is 3.00. The number of benzene rings is 1. The molecule has 2 rings (SSSR count). The smallest absolute Gasteiger partial charge is 0.338 e. The Labute approximate surface area is 137 Å². The molecule has 0 radical (unpaired) electrons. The van der Waals surface area contributed by atoms with E-state index in [2.05, 4.69) is 15.9 Å². The highest BCUT2D eigenvalue weighted by atomic mass is 79.9. The fraction of sp³-hybridized carbons (Fsp3) is 0.250. The number of hydrogen-bond acceptors (Lipinski definition) is 5. The van der Waals surface area contributed by atoms with Crippen molar-refractivity contribution in [2.45, 2.75) is 19.8 Å². The molecule has 114 valence electrons. The number of carbonyl (C=O) groups is 1. The molecule has 0 bridgehead atoms. The van der Waals surface area contributed by atoms with Crippen LogP contribution in [0.5, 0.6) is 0 Å². The fourth-order valence-electron chi connectivity index (χ4n) is 2.37. The van der Waals surface area contributed by atoms with Gasteiger partial charge in [-0.05, 0) is 31.5 Å². The standard InChI is InChI=1S/C16H15BrN2O3/c1-3-21-16(20)13-9(2)22-15(19)12(8-18)14(13)10-5-4-6-11(17)7-10/h4-7,14H,3,19H2,1-2H3. The van der Waals surface area contributed by atoms with Gasteiger partial charge in [0, 0.05) is 4.47 Å². The zero-order chi connectivity index (χ0) is 16.3. The number of ether oxygens (including phenoxy) is 2. The van der Waals surface area contributed by atoms with Crippen LogP contribution in [0.25, 0.3) is 0 Å². The van der Waals surface area contributed by atoms with Gasteiger partial charge in [0.1, 0.15) is 17.4 Å².